The minimum atomic E-state index is -1.29. The standard InChI is InChI=1S/C9H16FN3O2.2ClH/c1-6(11)13-4-2-3-7(10)5-8(12)9(14)15;;/h5,8H,2-4,12H2,1H3,(H2,11,13)(H,14,15);2*1H/b7-5-;;/t8-;;/m0../s1. The summed E-state index contributed by atoms with van der Waals surface area (Å²) in [7, 11) is 0. The molecule has 0 unspecified atom stereocenters. The van der Waals surface area contributed by atoms with Crippen LogP contribution in [0.5, 0.6) is 0 Å². The Labute approximate surface area is 112 Å². The Bertz CT molecular complexity index is 281. The van der Waals surface area contributed by atoms with E-state index in [2.05, 4.69) is 4.99 Å². The van der Waals surface area contributed by atoms with Gasteiger partial charge in [-0.15, -0.1) is 24.8 Å². The van der Waals surface area contributed by atoms with Crippen LogP contribution in [0.25, 0.3) is 0 Å². The first-order valence-corrected chi connectivity index (χ1v) is 4.54. The second-order valence-corrected chi connectivity index (χ2v) is 3.10. The Morgan fingerprint density at radius 3 is 2.47 bits per heavy atom. The van der Waals surface area contributed by atoms with Gasteiger partial charge >= 0.3 is 5.97 Å². The molecule has 8 heteroatoms. The van der Waals surface area contributed by atoms with Crippen molar-refractivity contribution >= 4 is 36.6 Å². The summed E-state index contributed by atoms with van der Waals surface area (Å²) in [4.78, 5) is 14.1. The maximum atomic E-state index is 13.0. The Balaban J connectivity index is -0.000000980. The maximum Gasteiger partial charge on any atom is 0.324 e. The number of allylic oxidation sites excluding steroid dienone is 1. The van der Waals surface area contributed by atoms with Gasteiger partial charge in [-0.3, -0.25) is 9.79 Å². The predicted octanol–water partition coefficient (Wildman–Crippen LogP) is 1.25. The number of carboxylic acids is 1. The van der Waals surface area contributed by atoms with E-state index in [1.54, 1.807) is 6.92 Å². The molecule has 17 heavy (non-hydrogen) atoms. The molecule has 0 heterocycles. The molecule has 0 amide bonds. The third kappa shape index (κ3) is 13.1. The van der Waals surface area contributed by atoms with E-state index in [-0.39, 0.29) is 31.2 Å². The maximum absolute atomic E-state index is 13.0. The number of halogens is 3. The van der Waals surface area contributed by atoms with Crippen LogP contribution in [0.3, 0.4) is 0 Å². The van der Waals surface area contributed by atoms with Crippen molar-refractivity contribution in [2.75, 3.05) is 6.54 Å². The highest BCUT2D eigenvalue weighted by molar-refractivity contribution is 5.85. The van der Waals surface area contributed by atoms with Gasteiger partial charge in [0.1, 0.15) is 6.04 Å². The highest BCUT2D eigenvalue weighted by atomic mass is 35.5. The van der Waals surface area contributed by atoms with Gasteiger partial charge in [0.15, 0.2) is 0 Å². The molecule has 0 bridgehead atoms. The van der Waals surface area contributed by atoms with Crippen LogP contribution in [0.15, 0.2) is 16.9 Å². The molecular formula is C9H18Cl2FN3O2. The molecule has 0 aromatic rings. The van der Waals surface area contributed by atoms with Gasteiger partial charge in [0.2, 0.25) is 0 Å². The highest BCUT2D eigenvalue weighted by Crippen LogP contribution is 2.07. The molecule has 0 saturated heterocycles. The molecule has 0 rings (SSSR count). The molecule has 0 fully saturated rings. The van der Waals surface area contributed by atoms with Crippen LogP contribution >= 0.6 is 24.8 Å². The van der Waals surface area contributed by atoms with Crippen molar-refractivity contribution in [3.05, 3.63) is 11.9 Å². The van der Waals surface area contributed by atoms with Gasteiger partial charge in [-0.25, -0.2) is 4.39 Å². The number of hydrogen-bond donors (Lipinski definition) is 3. The zero-order valence-corrected chi connectivity index (χ0v) is 11.1. The van der Waals surface area contributed by atoms with Crippen LogP contribution in [0.1, 0.15) is 19.8 Å². The third-order valence-corrected chi connectivity index (χ3v) is 1.58. The van der Waals surface area contributed by atoms with Crippen molar-refractivity contribution in [3.63, 3.8) is 0 Å². The fourth-order valence-corrected chi connectivity index (χ4v) is 0.853. The zero-order valence-electron chi connectivity index (χ0n) is 9.43. The molecule has 0 spiro atoms. The number of rotatable bonds is 6. The summed E-state index contributed by atoms with van der Waals surface area (Å²) >= 11 is 0. The summed E-state index contributed by atoms with van der Waals surface area (Å²) in [5, 5.41) is 8.40. The second-order valence-electron chi connectivity index (χ2n) is 3.10. The Kier molecular flexibility index (Phi) is 14.7. The monoisotopic (exact) mass is 289 g/mol. The zero-order chi connectivity index (χ0) is 11.8. The van der Waals surface area contributed by atoms with Crippen molar-refractivity contribution in [3.8, 4) is 0 Å². The third-order valence-electron chi connectivity index (χ3n) is 1.58. The summed E-state index contributed by atoms with van der Waals surface area (Å²) in [5.41, 5.74) is 10.4. The minimum absolute atomic E-state index is 0. The van der Waals surface area contributed by atoms with E-state index in [0.29, 0.717) is 18.8 Å². The molecule has 0 aliphatic heterocycles. The first-order chi connectivity index (χ1) is 6.93. The summed E-state index contributed by atoms with van der Waals surface area (Å²) in [6.07, 6.45) is 1.49. The van der Waals surface area contributed by atoms with Crippen LogP contribution < -0.4 is 11.5 Å². The molecule has 0 aliphatic rings. The number of carbonyl (C=O) groups is 1. The Morgan fingerprint density at radius 1 is 1.53 bits per heavy atom. The molecule has 0 radical (unpaired) electrons. The summed E-state index contributed by atoms with van der Waals surface area (Å²) < 4.78 is 13.0. The Hall–Kier alpha value is -0.850. The van der Waals surface area contributed by atoms with E-state index in [0.717, 1.165) is 6.08 Å². The molecule has 5 N–H and O–H groups in total. The number of carboxylic acid groups (broad SMARTS) is 1. The molecule has 102 valence electrons. The smallest absolute Gasteiger partial charge is 0.324 e. The topological polar surface area (TPSA) is 102 Å². The molecule has 5 nitrogen and oxygen atoms in total. The van der Waals surface area contributed by atoms with Gasteiger partial charge < -0.3 is 16.6 Å². The van der Waals surface area contributed by atoms with E-state index in [1.807, 2.05) is 0 Å². The van der Waals surface area contributed by atoms with Crippen molar-refractivity contribution in [1.82, 2.24) is 0 Å². The number of aliphatic carboxylic acids is 1. The van der Waals surface area contributed by atoms with Crippen LogP contribution in [-0.4, -0.2) is 29.5 Å². The van der Waals surface area contributed by atoms with Gasteiger partial charge in [0.05, 0.1) is 11.7 Å². The lowest BCUT2D eigenvalue weighted by Gasteiger charge is -2.00. The average Bonchev–Trinajstić information content (AvgIpc) is 2.12. The highest BCUT2D eigenvalue weighted by Gasteiger charge is 2.09. The fraction of sp³-hybridized carbons (Fsp3) is 0.556. The molecule has 0 aromatic carbocycles. The van der Waals surface area contributed by atoms with Gasteiger partial charge in [-0.2, -0.15) is 0 Å². The molecule has 1 atom stereocenters. The first kappa shape index (κ1) is 21.4. The molecular weight excluding hydrogens is 272 g/mol. The largest absolute Gasteiger partial charge is 0.480 e. The van der Waals surface area contributed by atoms with Crippen LogP contribution in [-0.2, 0) is 4.79 Å². The van der Waals surface area contributed by atoms with Crippen LogP contribution in [0.2, 0.25) is 0 Å². The average molecular weight is 290 g/mol. The van der Waals surface area contributed by atoms with Crippen molar-refractivity contribution in [2.45, 2.75) is 25.8 Å². The lowest BCUT2D eigenvalue weighted by atomic mass is 10.2. The number of nitrogens with zero attached hydrogens (tertiary/aromatic N) is 1. The normalized spacial score (nSPS) is 13.4. The van der Waals surface area contributed by atoms with Crippen molar-refractivity contribution in [2.24, 2.45) is 16.5 Å². The fourth-order valence-electron chi connectivity index (χ4n) is 0.853. The van der Waals surface area contributed by atoms with E-state index in [4.69, 9.17) is 16.6 Å². The first-order valence-electron chi connectivity index (χ1n) is 4.54. The lowest BCUT2D eigenvalue weighted by Crippen LogP contribution is -2.27. The number of nitrogens with two attached hydrogens (primary N) is 2. The summed E-state index contributed by atoms with van der Waals surface area (Å²) in [6, 6.07) is -1.29. The van der Waals surface area contributed by atoms with Gasteiger partial charge in [-0.1, -0.05) is 0 Å². The minimum Gasteiger partial charge on any atom is -0.480 e. The van der Waals surface area contributed by atoms with Crippen LogP contribution in [0.4, 0.5) is 4.39 Å². The molecule has 0 aliphatic carbocycles. The predicted molar refractivity (Wildman–Crippen MR) is 70.7 cm³/mol. The van der Waals surface area contributed by atoms with Gasteiger partial charge in [0.25, 0.3) is 0 Å². The van der Waals surface area contributed by atoms with Crippen molar-refractivity contribution in [1.29, 1.82) is 0 Å². The van der Waals surface area contributed by atoms with E-state index < -0.39 is 17.8 Å². The number of aliphatic imine (C=N–C) groups is 1. The molecule has 0 aromatic heterocycles. The van der Waals surface area contributed by atoms with Gasteiger partial charge in [-0.05, 0) is 19.4 Å². The van der Waals surface area contributed by atoms with Crippen LogP contribution in [0, 0.1) is 0 Å². The quantitative estimate of drug-likeness (QED) is 0.389. The second kappa shape index (κ2) is 11.6. The Morgan fingerprint density at radius 2 is 2.06 bits per heavy atom. The summed E-state index contributed by atoms with van der Waals surface area (Å²) in [6.45, 7) is 2.07. The van der Waals surface area contributed by atoms with Crippen molar-refractivity contribution < 1.29 is 14.3 Å². The number of hydrogen-bond acceptors (Lipinski definition) is 3. The van der Waals surface area contributed by atoms with E-state index in [1.165, 1.54) is 0 Å². The van der Waals surface area contributed by atoms with Gasteiger partial charge in [0, 0.05) is 13.0 Å². The SMILES string of the molecule is CC(N)=NCCC/C(F)=C/[C@H](N)C(=O)O.Cl.Cl. The summed E-state index contributed by atoms with van der Waals surface area (Å²) in [5.74, 6) is -1.34. The van der Waals surface area contributed by atoms with E-state index in [9.17, 15) is 9.18 Å². The lowest BCUT2D eigenvalue weighted by molar-refractivity contribution is -0.137. The molecule has 0 saturated carbocycles. The van der Waals surface area contributed by atoms with E-state index >= 15 is 0 Å². The number of amidine groups is 1.